The first-order valence-electron chi connectivity index (χ1n) is 11.4. The first kappa shape index (κ1) is 23.0. The van der Waals surface area contributed by atoms with Crippen LogP contribution in [0.4, 0.5) is 0 Å². The Labute approximate surface area is 208 Å². The van der Waals surface area contributed by atoms with Gasteiger partial charge in [-0.25, -0.2) is 4.68 Å². The second-order valence-electron chi connectivity index (χ2n) is 8.78. The van der Waals surface area contributed by atoms with Crippen molar-refractivity contribution in [1.82, 2.24) is 23.6 Å². The van der Waals surface area contributed by atoms with Crippen molar-refractivity contribution in [3.8, 4) is 5.75 Å². The Kier molecular flexibility index (Phi) is 6.23. The lowest BCUT2D eigenvalue weighted by molar-refractivity contribution is 0.244. The molecule has 7 nitrogen and oxygen atoms in total. The summed E-state index contributed by atoms with van der Waals surface area (Å²) < 4.78 is 11.4. The minimum Gasteiger partial charge on any atom is -0.496 e. The molecule has 5 aromatic rings. The van der Waals surface area contributed by atoms with Gasteiger partial charge in [0.15, 0.2) is 0 Å². The number of hydrogen-bond donors (Lipinski definition) is 0. The lowest BCUT2D eigenvalue weighted by Crippen LogP contribution is -2.24. The molecule has 8 heteroatoms. The zero-order valence-corrected chi connectivity index (χ0v) is 20.8. The molecular weight excluding hydrogens is 458 g/mol. The Morgan fingerprint density at radius 3 is 2.49 bits per heavy atom. The van der Waals surface area contributed by atoms with Crippen molar-refractivity contribution in [3.63, 3.8) is 0 Å². The van der Waals surface area contributed by atoms with Crippen molar-refractivity contribution in [3.05, 3.63) is 105 Å². The third kappa shape index (κ3) is 4.38. The molecule has 35 heavy (non-hydrogen) atoms. The molecule has 0 aliphatic carbocycles. The summed E-state index contributed by atoms with van der Waals surface area (Å²) in [6.07, 6.45) is 0. The first-order chi connectivity index (χ1) is 17.0. The SMILES string of the molecule is COc1ccccc1Cn1c(=O)c2ccccc2n2c(=S)n(CN(C)Cc3ccc(C)cc3)nc12. The topological polar surface area (TPSA) is 56.7 Å². The Bertz CT molecular complexity index is 1630. The number of rotatable bonds is 7. The summed E-state index contributed by atoms with van der Waals surface area (Å²) in [5.74, 6) is 1.23. The van der Waals surface area contributed by atoms with E-state index in [1.807, 2.05) is 60.0 Å². The summed E-state index contributed by atoms with van der Waals surface area (Å²) in [6.45, 7) is 3.65. The standard InChI is InChI=1S/C27H27N5O2S/c1-19-12-14-20(15-13-19)16-29(2)18-31-27(35)32-23-10-6-5-9-22(23)25(33)30(26(32)28-31)17-21-8-4-7-11-24(21)34-3/h4-15H,16-18H2,1-3H3. The molecule has 0 saturated heterocycles. The predicted molar refractivity (Wildman–Crippen MR) is 141 cm³/mol. The molecule has 2 heterocycles. The highest BCUT2D eigenvalue weighted by molar-refractivity contribution is 7.71. The first-order valence-corrected chi connectivity index (χ1v) is 11.8. The van der Waals surface area contributed by atoms with Crippen LogP contribution in [0.1, 0.15) is 16.7 Å². The number of para-hydroxylation sites is 2. The van der Waals surface area contributed by atoms with Crippen LogP contribution >= 0.6 is 12.2 Å². The van der Waals surface area contributed by atoms with E-state index in [1.165, 1.54) is 11.1 Å². The Balaban J connectivity index is 1.61. The molecular formula is C27H27N5O2S. The molecule has 178 valence electrons. The summed E-state index contributed by atoms with van der Waals surface area (Å²) in [6, 6.07) is 23.7. The summed E-state index contributed by atoms with van der Waals surface area (Å²) in [4.78, 5) is 15.7. The van der Waals surface area contributed by atoms with Gasteiger partial charge in [-0.05, 0) is 50.0 Å². The zero-order valence-electron chi connectivity index (χ0n) is 20.0. The molecule has 0 amide bonds. The fourth-order valence-corrected chi connectivity index (χ4v) is 4.67. The molecule has 5 rings (SSSR count). The maximum Gasteiger partial charge on any atom is 0.263 e. The number of benzene rings is 3. The van der Waals surface area contributed by atoms with Crippen LogP contribution in [0.25, 0.3) is 16.7 Å². The number of fused-ring (bicyclic) bond motifs is 3. The van der Waals surface area contributed by atoms with E-state index in [2.05, 4.69) is 36.1 Å². The summed E-state index contributed by atoms with van der Waals surface area (Å²) in [5, 5.41) is 5.42. The van der Waals surface area contributed by atoms with Crippen molar-refractivity contribution >= 4 is 28.9 Å². The van der Waals surface area contributed by atoms with Gasteiger partial charge in [0.05, 0.1) is 31.2 Å². The van der Waals surface area contributed by atoms with E-state index in [0.29, 0.717) is 29.1 Å². The van der Waals surface area contributed by atoms with Crippen LogP contribution in [0.2, 0.25) is 0 Å². The molecule has 0 fully saturated rings. The van der Waals surface area contributed by atoms with Crippen LogP contribution in [0.5, 0.6) is 5.75 Å². The molecule has 3 aromatic carbocycles. The average molecular weight is 486 g/mol. The third-order valence-corrected chi connectivity index (χ3v) is 6.55. The van der Waals surface area contributed by atoms with E-state index >= 15 is 0 Å². The normalized spacial score (nSPS) is 11.5. The molecule has 0 bridgehead atoms. The number of aromatic nitrogens is 4. The second kappa shape index (κ2) is 9.48. The summed E-state index contributed by atoms with van der Waals surface area (Å²) >= 11 is 5.87. The van der Waals surface area contributed by atoms with E-state index in [9.17, 15) is 4.79 Å². The van der Waals surface area contributed by atoms with E-state index in [-0.39, 0.29) is 5.56 Å². The largest absolute Gasteiger partial charge is 0.496 e. The maximum atomic E-state index is 13.6. The van der Waals surface area contributed by atoms with Gasteiger partial charge in [-0.2, -0.15) is 0 Å². The monoisotopic (exact) mass is 485 g/mol. The van der Waals surface area contributed by atoms with E-state index in [4.69, 9.17) is 22.1 Å². The van der Waals surface area contributed by atoms with Crippen molar-refractivity contribution in [1.29, 1.82) is 0 Å². The fourth-order valence-electron chi connectivity index (χ4n) is 4.39. The minimum absolute atomic E-state index is 0.112. The predicted octanol–water partition coefficient (Wildman–Crippen LogP) is 4.64. The molecule has 0 atom stereocenters. The number of hydrogen-bond acceptors (Lipinski definition) is 5. The smallest absolute Gasteiger partial charge is 0.263 e. The van der Waals surface area contributed by atoms with E-state index in [1.54, 1.807) is 16.4 Å². The number of methoxy groups -OCH3 is 1. The molecule has 0 aliphatic rings. The Hall–Kier alpha value is -3.75. The van der Waals surface area contributed by atoms with Gasteiger partial charge >= 0.3 is 0 Å². The molecule has 0 unspecified atom stereocenters. The quantitative estimate of drug-likeness (QED) is 0.315. The van der Waals surface area contributed by atoms with Crippen LogP contribution in [-0.2, 0) is 19.8 Å². The minimum atomic E-state index is -0.112. The van der Waals surface area contributed by atoms with E-state index in [0.717, 1.165) is 23.4 Å². The zero-order chi connectivity index (χ0) is 24.5. The lowest BCUT2D eigenvalue weighted by atomic mass is 10.1. The van der Waals surface area contributed by atoms with Crippen molar-refractivity contribution in [2.45, 2.75) is 26.7 Å². The highest BCUT2D eigenvalue weighted by Gasteiger charge is 2.17. The number of aryl methyl sites for hydroxylation is 1. The van der Waals surface area contributed by atoms with Crippen molar-refractivity contribution in [2.75, 3.05) is 14.2 Å². The maximum absolute atomic E-state index is 13.6. The molecule has 0 radical (unpaired) electrons. The highest BCUT2D eigenvalue weighted by Crippen LogP contribution is 2.21. The fraction of sp³-hybridized carbons (Fsp3) is 0.222. The van der Waals surface area contributed by atoms with E-state index < -0.39 is 0 Å². The molecule has 2 aromatic heterocycles. The second-order valence-corrected chi connectivity index (χ2v) is 9.14. The number of ether oxygens (including phenoxy) is 1. The average Bonchev–Trinajstić information content (AvgIpc) is 3.19. The van der Waals surface area contributed by atoms with Crippen LogP contribution in [0, 0.1) is 11.7 Å². The van der Waals surface area contributed by atoms with Gasteiger partial charge in [0.2, 0.25) is 10.5 Å². The van der Waals surface area contributed by atoms with Crippen LogP contribution in [0.3, 0.4) is 0 Å². The van der Waals surface area contributed by atoms with Gasteiger partial charge < -0.3 is 4.74 Å². The van der Waals surface area contributed by atoms with Crippen molar-refractivity contribution in [2.24, 2.45) is 0 Å². The van der Waals surface area contributed by atoms with Crippen LogP contribution in [0.15, 0.2) is 77.6 Å². The lowest BCUT2D eigenvalue weighted by Gasteiger charge is -2.16. The van der Waals surface area contributed by atoms with Crippen LogP contribution < -0.4 is 10.3 Å². The van der Waals surface area contributed by atoms with Crippen molar-refractivity contribution < 1.29 is 4.74 Å². The van der Waals surface area contributed by atoms with Gasteiger partial charge in [-0.1, -0.05) is 60.2 Å². The summed E-state index contributed by atoms with van der Waals surface area (Å²) in [7, 11) is 3.66. The molecule has 0 saturated carbocycles. The van der Waals surface area contributed by atoms with Gasteiger partial charge in [0, 0.05) is 12.1 Å². The third-order valence-electron chi connectivity index (χ3n) is 6.15. The molecule has 0 spiro atoms. The van der Waals surface area contributed by atoms with Crippen LogP contribution in [-0.4, -0.2) is 37.8 Å². The highest BCUT2D eigenvalue weighted by atomic mass is 32.1. The van der Waals surface area contributed by atoms with Gasteiger partial charge in [-0.3, -0.25) is 18.7 Å². The Morgan fingerprint density at radius 2 is 1.71 bits per heavy atom. The van der Waals surface area contributed by atoms with Gasteiger partial charge in [0.1, 0.15) is 5.75 Å². The molecule has 0 N–H and O–H groups in total. The Morgan fingerprint density at radius 1 is 1.00 bits per heavy atom. The summed E-state index contributed by atoms with van der Waals surface area (Å²) in [5.41, 5.74) is 3.98. The van der Waals surface area contributed by atoms with Gasteiger partial charge in [0.25, 0.3) is 5.56 Å². The molecule has 0 aliphatic heterocycles. The van der Waals surface area contributed by atoms with Gasteiger partial charge in [-0.15, -0.1) is 5.10 Å². The number of nitrogens with zero attached hydrogens (tertiary/aromatic N) is 5.